The molecule has 0 heterocycles. The van der Waals surface area contributed by atoms with Gasteiger partial charge in [0.25, 0.3) is 5.91 Å². The Morgan fingerprint density at radius 2 is 1.68 bits per heavy atom. The van der Waals surface area contributed by atoms with Gasteiger partial charge < -0.3 is 9.47 Å². The van der Waals surface area contributed by atoms with E-state index < -0.39 is 0 Å². The van der Waals surface area contributed by atoms with Crippen LogP contribution in [0.3, 0.4) is 0 Å². The number of methoxy groups -OCH3 is 1. The Morgan fingerprint density at radius 1 is 1.04 bits per heavy atom. The summed E-state index contributed by atoms with van der Waals surface area (Å²) >= 11 is 0. The summed E-state index contributed by atoms with van der Waals surface area (Å²) < 4.78 is 10.7. The van der Waals surface area contributed by atoms with E-state index in [1.807, 2.05) is 26.0 Å². The van der Waals surface area contributed by atoms with Crippen LogP contribution in [0.4, 0.5) is 0 Å². The molecule has 1 amide bonds. The predicted molar refractivity (Wildman–Crippen MR) is 99.5 cm³/mol. The largest absolute Gasteiger partial charge is 0.493 e. The highest BCUT2D eigenvalue weighted by atomic mass is 16.5. The van der Waals surface area contributed by atoms with Crippen LogP contribution < -0.4 is 14.9 Å². The van der Waals surface area contributed by atoms with Crippen LogP contribution in [0.5, 0.6) is 11.5 Å². The van der Waals surface area contributed by atoms with Gasteiger partial charge in [0.1, 0.15) is 0 Å². The van der Waals surface area contributed by atoms with Gasteiger partial charge in [0.2, 0.25) is 0 Å². The molecule has 1 N–H and O–H groups in total. The highest BCUT2D eigenvalue weighted by Gasteiger charge is 2.08. The van der Waals surface area contributed by atoms with E-state index in [0.717, 1.165) is 16.8 Å². The Hall–Kier alpha value is -2.82. The van der Waals surface area contributed by atoms with Gasteiger partial charge in [-0.3, -0.25) is 4.79 Å². The maximum atomic E-state index is 12.0. The van der Waals surface area contributed by atoms with Crippen molar-refractivity contribution in [3.05, 3.63) is 58.7 Å². The number of rotatable bonds is 6. The molecular weight excluding hydrogens is 316 g/mol. The smallest absolute Gasteiger partial charge is 0.277 e. The van der Waals surface area contributed by atoms with Gasteiger partial charge >= 0.3 is 0 Å². The first-order chi connectivity index (χ1) is 11.9. The number of hydrogen-bond acceptors (Lipinski definition) is 4. The van der Waals surface area contributed by atoms with Gasteiger partial charge in [-0.25, -0.2) is 5.43 Å². The normalized spacial score (nSPS) is 11.2. The number of nitrogens with zero attached hydrogens (tertiary/aromatic N) is 1. The molecule has 25 heavy (non-hydrogen) atoms. The molecule has 2 aromatic rings. The van der Waals surface area contributed by atoms with E-state index in [1.54, 1.807) is 19.2 Å². The number of amides is 1. The Balaban J connectivity index is 1.99. The van der Waals surface area contributed by atoms with Crippen molar-refractivity contribution < 1.29 is 14.3 Å². The summed E-state index contributed by atoms with van der Waals surface area (Å²) in [7, 11) is 1.56. The standard InChI is InChI=1S/C20H24N2O3/c1-13-10-15(3)17(11-14(13)2)16(4)21-22-20(23)12-25-19-9-7-6-8-18(19)24-5/h6-11H,12H2,1-5H3,(H,22,23)/b21-16-. The van der Waals surface area contributed by atoms with Crippen molar-refractivity contribution in [3.8, 4) is 11.5 Å². The van der Waals surface area contributed by atoms with Crippen LogP contribution >= 0.6 is 0 Å². The molecule has 0 aliphatic rings. The van der Waals surface area contributed by atoms with E-state index in [4.69, 9.17) is 9.47 Å². The monoisotopic (exact) mass is 340 g/mol. The second-order valence-corrected chi connectivity index (χ2v) is 5.92. The fourth-order valence-corrected chi connectivity index (χ4v) is 2.47. The molecule has 2 aromatic carbocycles. The van der Waals surface area contributed by atoms with Crippen LogP contribution in [0.1, 0.15) is 29.2 Å². The van der Waals surface area contributed by atoms with Crippen LogP contribution in [0.2, 0.25) is 0 Å². The second-order valence-electron chi connectivity index (χ2n) is 5.92. The zero-order valence-electron chi connectivity index (χ0n) is 15.3. The summed E-state index contributed by atoms with van der Waals surface area (Å²) in [5.41, 5.74) is 7.87. The molecule has 0 saturated heterocycles. The highest BCUT2D eigenvalue weighted by Crippen LogP contribution is 2.25. The van der Waals surface area contributed by atoms with Crippen molar-refractivity contribution >= 4 is 11.6 Å². The first kappa shape index (κ1) is 18.5. The summed E-state index contributed by atoms with van der Waals surface area (Å²) in [6, 6.07) is 11.4. The van der Waals surface area contributed by atoms with Gasteiger partial charge in [-0.1, -0.05) is 18.2 Å². The Labute approximate surface area is 148 Å². The van der Waals surface area contributed by atoms with Gasteiger partial charge in [0.15, 0.2) is 18.1 Å². The molecule has 0 fully saturated rings. The van der Waals surface area contributed by atoms with Crippen LogP contribution in [-0.4, -0.2) is 25.3 Å². The van der Waals surface area contributed by atoms with Crippen LogP contribution in [0.25, 0.3) is 0 Å². The van der Waals surface area contributed by atoms with Crippen molar-refractivity contribution in [1.29, 1.82) is 0 Å². The van der Waals surface area contributed by atoms with E-state index in [0.29, 0.717) is 11.5 Å². The van der Waals surface area contributed by atoms with Crippen molar-refractivity contribution in [2.24, 2.45) is 5.10 Å². The lowest BCUT2D eigenvalue weighted by molar-refractivity contribution is -0.123. The SMILES string of the molecule is COc1ccccc1OCC(=O)N/N=C(/C)c1cc(C)c(C)cc1C. The first-order valence-electron chi connectivity index (χ1n) is 8.09. The van der Waals surface area contributed by atoms with Crippen molar-refractivity contribution in [3.63, 3.8) is 0 Å². The average molecular weight is 340 g/mol. The molecule has 0 unspecified atom stereocenters. The number of ether oxygens (including phenoxy) is 2. The van der Waals surface area contributed by atoms with E-state index in [9.17, 15) is 4.79 Å². The molecule has 0 aromatic heterocycles. The number of aryl methyl sites for hydroxylation is 3. The number of para-hydroxylation sites is 2. The number of hydrogen-bond donors (Lipinski definition) is 1. The second kappa shape index (κ2) is 8.33. The van der Waals surface area contributed by atoms with Gasteiger partial charge in [0, 0.05) is 5.56 Å². The zero-order chi connectivity index (χ0) is 18.4. The third-order valence-corrected chi connectivity index (χ3v) is 4.01. The summed E-state index contributed by atoms with van der Waals surface area (Å²) in [5.74, 6) is 0.776. The highest BCUT2D eigenvalue weighted by molar-refractivity contribution is 6.00. The first-order valence-corrected chi connectivity index (χ1v) is 8.09. The summed E-state index contributed by atoms with van der Waals surface area (Å²) in [4.78, 5) is 12.0. The van der Waals surface area contributed by atoms with Crippen molar-refractivity contribution in [1.82, 2.24) is 5.43 Å². The van der Waals surface area contributed by atoms with E-state index >= 15 is 0 Å². The molecule has 5 nitrogen and oxygen atoms in total. The van der Waals surface area contributed by atoms with Crippen molar-refractivity contribution in [2.75, 3.05) is 13.7 Å². The summed E-state index contributed by atoms with van der Waals surface area (Å²) in [5, 5.41) is 4.19. The minimum absolute atomic E-state index is 0.136. The fourth-order valence-electron chi connectivity index (χ4n) is 2.47. The number of hydrazone groups is 1. The molecule has 0 atom stereocenters. The fraction of sp³-hybridized carbons (Fsp3) is 0.300. The number of carbonyl (C=O) groups is 1. The lowest BCUT2D eigenvalue weighted by atomic mass is 9.98. The molecule has 0 bridgehead atoms. The number of carbonyl (C=O) groups excluding carboxylic acids is 1. The lowest BCUT2D eigenvalue weighted by Crippen LogP contribution is -2.25. The Morgan fingerprint density at radius 3 is 2.36 bits per heavy atom. The van der Waals surface area contributed by atoms with Gasteiger partial charge in [-0.15, -0.1) is 0 Å². The molecule has 0 aliphatic heterocycles. The van der Waals surface area contributed by atoms with Gasteiger partial charge in [0.05, 0.1) is 12.8 Å². The average Bonchev–Trinajstić information content (AvgIpc) is 2.61. The molecule has 2 rings (SSSR count). The van der Waals surface area contributed by atoms with Gasteiger partial charge in [-0.2, -0.15) is 5.10 Å². The van der Waals surface area contributed by atoms with E-state index in [1.165, 1.54) is 11.1 Å². The lowest BCUT2D eigenvalue weighted by Gasteiger charge is -2.11. The van der Waals surface area contributed by atoms with Crippen LogP contribution in [0.15, 0.2) is 41.5 Å². The number of benzene rings is 2. The van der Waals surface area contributed by atoms with Crippen molar-refractivity contribution in [2.45, 2.75) is 27.7 Å². The molecule has 0 aliphatic carbocycles. The third-order valence-electron chi connectivity index (χ3n) is 4.01. The third kappa shape index (κ3) is 4.83. The maximum Gasteiger partial charge on any atom is 0.277 e. The molecule has 0 radical (unpaired) electrons. The maximum absolute atomic E-state index is 12.0. The minimum Gasteiger partial charge on any atom is -0.493 e. The summed E-state index contributed by atoms with van der Waals surface area (Å²) in [6.07, 6.45) is 0. The molecule has 132 valence electrons. The molecule has 5 heteroatoms. The van der Waals surface area contributed by atoms with E-state index in [-0.39, 0.29) is 12.5 Å². The summed E-state index contributed by atoms with van der Waals surface area (Å²) in [6.45, 7) is 7.91. The molecule has 0 spiro atoms. The Kier molecular flexibility index (Phi) is 6.17. The van der Waals surface area contributed by atoms with E-state index in [2.05, 4.69) is 36.5 Å². The quantitative estimate of drug-likeness (QED) is 0.646. The zero-order valence-corrected chi connectivity index (χ0v) is 15.3. The topological polar surface area (TPSA) is 59.9 Å². The molecule has 0 saturated carbocycles. The minimum atomic E-state index is -0.327. The molecular formula is C20H24N2O3. The van der Waals surface area contributed by atoms with Crippen LogP contribution in [-0.2, 0) is 4.79 Å². The van der Waals surface area contributed by atoms with Crippen LogP contribution in [0, 0.1) is 20.8 Å². The predicted octanol–water partition coefficient (Wildman–Crippen LogP) is 3.54. The number of nitrogens with one attached hydrogen (secondary N) is 1. The Bertz CT molecular complexity index is 798. The van der Waals surface area contributed by atoms with Gasteiger partial charge in [-0.05, 0) is 62.6 Å².